The maximum Gasteiger partial charge on any atom is 0.0997 e. The van der Waals surface area contributed by atoms with Gasteiger partial charge in [-0.1, -0.05) is 45.0 Å². The van der Waals surface area contributed by atoms with Gasteiger partial charge in [0.1, 0.15) is 0 Å². The van der Waals surface area contributed by atoms with Gasteiger partial charge in [0.05, 0.1) is 17.0 Å². The van der Waals surface area contributed by atoms with E-state index in [2.05, 4.69) is 4.98 Å². The molecule has 0 saturated carbocycles. The molecule has 0 atom stereocenters. The van der Waals surface area contributed by atoms with Gasteiger partial charge < -0.3 is 5.11 Å². The van der Waals surface area contributed by atoms with Crippen LogP contribution in [0.15, 0.2) is 42.2 Å². The summed E-state index contributed by atoms with van der Waals surface area (Å²) in [5.41, 5.74) is 1.49. The first-order valence-corrected chi connectivity index (χ1v) is 5.74. The van der Waals surface area contributed by atoms with E-state index >= 15 is 0 Å². The number of aliphatic hydroxyl groups excluding tert-OH is 1. The average Bonchev–Trinajstić information content (AvgIpc) is 2.27. The summed E-state index contributed by atoms with van der Waals surface area (Å²) < 4.78 is 0. The average molecular weight is 227 g/mol. The molecule has 1 aromatic heterocycles. The second-order valence-corrected chi connectivity index (χ2v) is 5.21. The van der Waals surface area contributed by atoms with Crippen molar-refractivity contribution >= 4 is 17.0 Å². The molecule has 1 heterocycles. The number of benzene rings is 1. The summed E-state index contributed by atoms with van der Waals surface area (Å²) in [5, 5.41) is 11.0. The third kappa shape index (κ3) is 2.64. The zero-order valence-corrected chi connectivity index (χ0v) is 10.4. The molecule has 17 heavy (non-hydrogen) atoms. The number of pyridine rings is 1. The molecule has 0 amide bonds. The van der Waals surface area contributed by atoms with E-state index in [1.807, 2.05) is 57.2 Å². The quantitative estimate of drug-likeness (QED) is 0.741. The van der Waals surface area contributed by atoms with E-state index in [0.29, 0.717) is 5.76 Å². The van der Waals surface area contributed by atoms with E-state index in [1.165, 1.54) is 0 Å². The van der Waals surface area contributed by atoms with Crippen LogP contribution in [0, 0.1) is 5.41 Å². The molecule has 0 unspecified atom stereocenters. The smallest absolute Gasteiger partial charge is 0.0997 e. The van der Waals surface area contributed by atoms with Crippen molar-refractivity contribution in [2.24, 2.45) is 5.41 Å². The topological polar surface area (TPSA) is 33.1 Å². The Morgan fingerprint density at radius 1 is 1.12 bits per heavy atom. The lowest BCUT2D eigenvalue weighted by molar-refractivity contribution is 0.282. The molecular formula is C15H17NO. The second-order valence-electron chi connectivity index (χ2n) is 5.21. The van der Waals surface area contributed by atoms with Gasteiger partial charge in [-0.15, -0.1) is 0 Å². The molecule has 0 bridgehead atoms. The van der Waals surface area contributed by atoms with Crippen LogP contribution in [0.3, 0.4) is 0 Å². The second kappa shape index (κ2) is 4.21. The van der Waals surface area contributed by atoms with Crippen LogP contribution in [-0.4, -0.2) is 10.1 Å². The number of aliphatic hydroxyl groups is 1. The molecule has 1 N–H and O–H groups in total. The van der Waals surface area contributed by atoms with Crippen LogP contribution in [0.5, 0.6) is 0 Å². The van der Waals surface area contributed by atoms with Crippen molar-refractivity contribution in [1.29, 1.82) is 0 Å². The molecule has 2 heteroatoms. The highest BCUT2D eigenvalue weighted by atomic mass is 16.3. The third-order valence-corrected chi connectivity index (χ3v) is 2.67. The number of aromatic nitrogens is 1. The van der Waals surface area contributed by atoms with Crippen molar-refractivity contribution in [3.05, 3.63) is 47.9 Å². The highest BCUT2D eigenvalue weighted by Crippen LogP contribution is 2.24. The van der Waals surface area contributed by atoms with Crippen molar-refractivity contribution in [3.63, 3.8) is 0 Å². The van der Waals surface area contributed by atoms with Gasteiger partial charge >= 0.3 is 0 Å². The number of hydrogen-bond donors (Lipinski definition) is 1. The summed E-state index contributed by atoms with van der Waals surface area (Å²) in [6, 6.07) is 11.9. The molecule has 1 aromatic carbocycles. The van der Waals surface area contributed by atoms with Crippen LogP contribution in [0.1, 0.15) is 26.5 Å². The summed E-state index contributed by atoms with van der Waals surface area (Å²) in [4.78, 5) is 4.49. The molecule has 0 fully saturated rings. The Hall–Kier alpha value is -1.83. The maximum absolute atomic E-state index is 9.93. The van der Waals surface area contributed by atoms with Gasteiger partial charge in [-0.2, -0.15) is 0 Å². The van der Waals surface area contributed by atoms with Crippen LogP contribution < -0.4 is 0 Å². The standard InChI is InChI=1S/C15H17NO/c1-15(2,3)14(17)10-12-9-8-11-6-4-5-7-13(11)16-12/h4-10,17H,1-3H3/b14-10-. The number of nitrogens with zero attached hydrogens (tertiary/aromatic N) is 1. The van der Waals surface area contributed by atoms with Crippen LogP contribution in [-0.2, 0) is 0 Å². The van der Waals surface area contributed by atoms with Gasteiger partial charge in [-0.3, -0.25) is 0 Å². The van der Waals surface area contributed by atoms with E-state index < -0.39 is 0 Å². The van der Waals surface area contributed by atoms with Gasteiger partial charge in [0.2, 0.25) is 0 Å². The number of fused-ring (bicyclic) bond motifs is 1. The van der Waals surface area contributed by atoms with Crippen LogP contribution in [0.25, 0.3) is 17.0 Å². The van der Waals surface area contributed by atoms with Gasteiger partial charge in [-0.05, 0) is 12.1 Å². The van der Waals surface area contributed by atoms with Gasteiger partial charge in [0.25, 0.3) is 0 Å². The minimum atomic E-state index is -0.243. The highest BCUT2D eigenvalue weighted by Gasteiger charge is 2.15. The van der Waals surface area contributed by atoms with Crippen molar-refractivity contribution in [1.82, 2.24) is 4.98 Å². The number of rotatable bonds is 1. The van der Waals surface area contributed by atoms with E-state index in [4.69, 9.17) is 0 Å². The van der Waals surface area contributed by atoms with Crippen molar-refractivity contribution < 1.29 is 5.11 Å². The Morgan fingerprint density at radius 2 is 1.82 bits per heavy atom. The molecule has 0 spiro atoms. The lowest BCUT2D eigenvalue weighted by Gasteiger charge is -2.16. The van der Waals surface area contributed by atoms with Gasteiger partial charge in [0.15, 0.2) is 0 Å². The lowest BCUT2D eigenvalue weighted by Crippen LogP contribution is -2.08. The van der Waals surface area contributed by atoms with Crippen molar-refractivity contribution in [2.75, 3.05) is 0 Å². The van der Waals surface area contributed by atoms with E-state index in [9.17, 15) is 5.11 Å². The third-order valence-electron chi connectivity index (χ3n) is 2.67. The number of hydrogen-bond acceptors (Lipinski definition) is 2. The molecule has 0 aliphatic rings. The minimum absolute atomic E-state index is 0.243. The van der Waals surface area contributed by atoms with Crippen molar-refractivity contribution in [2.45, 2.75) is 20.8 Å². The molecule has 0 radical (unpaired) electrons. The summed E-state index contributed by atoms with van der Waals surface area (Å²) >= 11 is 0. The molecule has 88 valence electrons. The Morgan fingerprint density at radius 3 is 2.53 bits per heavy atom. The molecule has 2 aromatic rings. The maximum atomic E-state index is 9.93. The minimum Gasteiger partial charge on any atom is -0.512 e. The lowest BCUT2D eigenvalue weighted by atomic mass is 9.93. The zero-order chi connectivity index (χ0) is 12.5. The summed E-state index contributed by atoms with van der Waals surface area (Å²) in [6.45, 7) is 5.92. The first-order valence-electron chi connectivity index (χ1n) is 5.74. The normalized spacial score (nSPS) is 13.0. The van der Waals surface area contributed by atoms with E-state index in [1.54, 1.807) is 6.08 Å². The fourth-order valence-corrected chi connectivity index (χ4v) is 1.52. The molecular weight excluding hydrogens is 210 g/mol. The number of para-hydroxylation sites is 1. The molecule has 0 saturated heterocycles. The van der Waals surface area contributed by atoms with Crippen molar-refractivity contribution in [3.8, 4) is 0 Å². The zero-order valence-electron chi connectivity index (χ0n) is 10.4. The summed E-state index contributed by atoms with van der Waals surface area (Å²) in [6.07, 6.45) is 1.73. The molecule has 2 nitrogen and oxygen atoms in total. The molecule has 2 rings (SSSR count). The Labute approximate surface area is 102 Å². The first kappa shape index (κ1) is 11.6. The Balaban J connectivity index is 2.44. The van der Waals surface area contributed by atoms with Gasteiger partial charge in [0, 0.05) is 16.9 Å². The van der Waals surface area contributed by atoms with Crippen LogP contribution in [0.2, 0.25) is 0 Å². The fraction of sp³-hybridized carbons (Fsp3) is 0.267. The fourth-order valence-electron chi connectivity index (χ4n) is 1.52. The monoisotopic (exact) mass is 227 g/mol. The van der Waals surface area contributed by atoms with E-state index in [0.717, 1.165) is 16.6 Å². The predicted molar refractivity (Wildman–Crippen MR) is 71.8 cm³/mol. The van der Waals surface area contributed by atoms with Gasteiger partial charge in [-0.25, -0.2) is 4.98 Å². The first-order chi connectivity index (χ1) is 7.97. The molecule has 0 aliphatic carbocycles. The summed E-state index contributed by atoms with van der Waals surface area (Å²) in [5.74, 6) is 0.347. The number of allylic oxidation sites excluding steroid dienone is 1. The highest BCUT2D eigenvalue weighted by molar-refractivity contribution is 5.79. The predicted octanol–water partition coefficient (Wildman–Crippen LogP) is 4.18. The largest absolute Gasteiger partial charge is 0.512 e. The Bertz CT molecular complexity index is 564. The van der Waals surface area contributed by atoms with Crippen LogP contribution in [0.4, 0.5) is 0 Å². The molecule has 0 aliphatic heterocycles. The summed E-state index contributed by atoms with van der Waals surface area (Å²) in [7, 11) is 0. The SMILES string of the molecule is CC(C)(C)/C(O)=C/c1ccc2ccccc2n1. The Kier molecular flexibility index (Phi) is 2.88. The van der Waals surface area contributed by atoms with E-state index in [-0.39, 0.29) is 5.41 Å². The van der Waals surface area contributed by atoms with Crippen LogP contribution >= 0.6 is 0 Å².